The first-order chi connectivity index (χ1) is 22.6. The number of anilines is 2. The molecule has 3 aliphatic rings. The Hall–Kier alpha value is -4.79. The van der Waals surface area contributed by atoms with E-state index in [4.69, 9.17) is 12.2 Å². The molecule has 0 unspecified atom stereocenters. The first kappa shape index (κ1) is 30.8. The van der Waals surface area contributed by atoms with Crippen molar-refractivity contribution in [1.82, 2.24) is 10.3 Å². The molecule has 47 heavy (non-hydrogen) atoms. The van der Waals surface area contributed by atoms with Crippen molar-refractivity contribution in [2.45, 2.75) is 41.8 Å². The lowest BCUT2D eigenvalue weighted by Gasteiger charge is -2.29. The van der Waals surface area contributed by atoms with Gasteiger partial charge in [-0.05, 0) is 80.0 Å². The van der Waals surface area contributed by atoms with Gasteiger partial charge < -0.3 is 0 Å². The number of rotatable bonds is 6. The van der Waals surface area contributed by atoms with E-state index in [0.717, 1.165) is 47.7 Å². The number of carbonyl (C=O) groups excluding carboxylic acids is 4. The van der Waals surface area contributed by atoms with E-state index in [1.165, 1.54) is 33.3 Å². The number of carbonyl (C=O) groups is 4. The van der Waals surface area contributed by atoms with Gasteiger partial charge in [0.2, 0.25) is 11.8 Å². The largest absolute Gasteiger partial charge is 0.298 e. The zero-order valence-corrected chi connectivity index (χ0v) is 27.2. The summed E-state index contributed by atoms with van der Waals surface area (Å²) in [7, 11) is 0. The van der Waals surface area contributed by atoms with E-state index in [0.29, 0.717) is 26.1 Å². The molecule has 4 aromatic rings. The van der Waals surface area contributed by atoms with Crippen LogP contribution in [0, 0.1) is 28.9 Å². The summed E-state index contributed by atoms with van der Waals surface area (Å²) in [6.45, 7) is 1.90. The Kier molecular flexibility index (Phi) is 7.94. The summed E-state index contributed by atoms with van der Waals surface area (Å²) < 4.78 is 1.27. The number of amides is 4. The van der Waals surface area contributed by atoms with Crippen LogP contribution in [0.5, 0.6) is 0 Å². The first-order valence-corrected chi connectivity index (χ1v) is 16.9. The van der Waals surface area contributed by atoms with E-state index in [2.05, 4.69) is 10.3 Å². The highest BCUT2D eigenvalue weighted by Crippen LogP contribution is 2.43. The second-order valence-corrected chi connectivity index (χ2v) is 14.2. The Balaban J connectivity index is 1.15. The van der Waals surface area contributed by atoms with Gasteiger partial charge in [-0.25, -0.2) is 4.98 Å². The standard InChI is InChI=1S/C33H25N5O6S3/c1-17-6-9-19(10-7-17)37-31(42)23(28(39)35-32(37)45)14-18-8-13-26(25(15-18)38(43)44)46-33-34-24-12-11-20(16-27(24)47-33)36-29(40)21-4-2-3-5-22(21)30(36)41/h6-16,21-22H,2-5H2,1H3,(H,35,39,45)/b23-14+/t21-,22-/m1/s1. The maximum Gasteiger partial charge on any atom is 0.283 e. The van der Waals surface area contributed by atoms with Crippen molar-refractivity contribution in [2.75, 3.05) is 9.80 Å². The second-order valence-electron chi connectivity index (χ2n) is 11.5. The third kappa shape index (κ3) is 5.62. The minimum absolute atomic E-state index is 0.0571. The van der Waals surface area contributed by atoms with Gasteiger partial charge in [0, 0.05) is 6.07 Å². The molecule has 2 aliphatic heterocycles. The SMILES string of the molecule is Cc1ccc(N2C(=O)/C(=C/c3ccc(Sc4nc5ccc(N6C(=O)[C@@H]7CCCC[C@H]7C6=O)cc5s4)c([N+](=O)[O-])c3)C(=O)NC2=S)cc1. The number of hydrogen-bond acceptors (Lipinski definition) is 10. The topological polar surface area (TPSA) is 143 Å². The fourth-order valence-corrected chi connectivity index (χ4v) is 8.61. The predicted octanol–water partition coefficient (Wildman–Crippen LogP) is 6.18. The van der Waals surface area contributed by atoms with Crippen molar-refractivity contribution in [1.29, 1.82) is 0 Å². The number of nitro benzene ring substituents is 1. The van der Waals surface area contributed by atoms with Crippen LogP contribution in [0.25, 0.3) is 16.3 Å². The molecule has 3 aromatic carbocycles. The lowest BCUT2D eigenvalue weighted by atomic mass is 9.81. The molecule has 4 amide bonds. The quantitative estimate of drug-likeness (QED) is 0.0630. The molecule has 0 spiro atoms. The number of imide groups is 1. The van der Waals surface area contributed by atoms with E-state index in [1.807, 2.05) is 19.1 Å². The average Bonchev–Trinajstić information content (AvgIpc) is 3.57. The van der Waals surface area contributed by atoms with Crippen molar-refractivity contribution in [2.24, 2.45) is 11.8 Å². The van der Waals surface area contributed by atoms with E-state index in [9.17, 15) is 29.3 Å². The normalized spacial score (nSPS) is 20.7. The van der Waals surface area contributed by atoms with Gasteiger partial charge in [0.05, 0.1) is 43.2 Å². The van der Waals surface area contributed by atoms with Crippen LogP contribution in [0.2, 0.25) is 0 Å². The predicted molar refractivity (Wildman–Crippen MR) is 182 cm³/mol. The van der Waals surface area contributed by atoms with Gasteiger partial charge in [-0.1, -0.05) is 48.4 Å². The number of nitro groups is 1. The Morgan fingerprint density at radius 1 is 0.957 bits per heavy atom. The fourth-order valence-electron chi connectivity index (χ4n) is 6.19. The van der Waals surface area contributed by atoms with Crippen molar-refractivity contribution < 1.29 is 24.1 Å². The van der Waals surface area contributed by atoms with Crippen molar-refractivity contribution in [3.8, 4) is 0 Å². The second kappa shape index (κ2) is 12.1. The van der Waals surface area contributed by atoms with Crippen LogP contribution in [0.3, 0.4) is 0 Å². The number of aryl methyl sites for hydroxylation is 1. The van der Waals surface area contributed by atoms with Crippen LogP contribution in [0.15, 0.2) is 75.5 Å². The molecule has 3 fully saturated rings. The van der Waals surface area contributed by atoms with Crippen LogP contribution in [0.4, 0.5) is 17.1 Å². The maximum absolute atomic E-state index is 13.4. The molecule has 11 nitrogen and oxygen atoms in total. The number of thiazole rings is 1. The molecule has 236 valence electrons. The van der Waals surface area contributed by atoms with E-state index >= 15 is 0 Å². The molecule has 14 heteroatoms. The summed E-state index contributed by atoms with van der Waals surface area (Å²) in [5, 5.41) is 14.6. The van der Waals surface area contributed by atoms with E-state index in [1.54, 1.807) is 42.5 Å². The zero-order valence-electron chi connectivity index (χ0n) is 24.8. The molecule has 0 bridgehead atoms. The lowest BCUT2D eigenvalue weighted by molar-refractivity contribution is -0.387. The highest BCUT2D eigenvalue weighted by atomic mass is 32.2. The molecular formula is C33H25N5O6S3. The van der Waals surface area contributed by atoms with Crippen LogP contribution in [-0.4, -0.2) is 38.6 Å². The summed E-state index contributed by atoms with van der Waals surface area (Å²) in [5.41, 5.74) is 2.45. The van der Waals surface area contributed by atoms with E-state index in [-0.39, 0.29) is 45.6 Å². The average molecular weight is 684 g/mol. The summed E-state index contributed by atoms with van der Waals surface area (Å²) in [6, 6.07) is 16.7. The molecule has 1 N–H and O–H groups in total. The zero-order chi connectivity index (χ0) is 33.0. The van der Waals surface area contributed by atoms with Gasteiger partial charge in [0.25, 0.3) is 17.5 Å². The Morgan fingerprint density at radius 3 is 2.32 bits per heavy atom. The molecular weight excluding hydrogens is 659 g/mol. The molecule has 2 saturated heterocycles. The van der Waals surface area contributed by atoms with Gasteiger partial charge in [0.15, 0.2) is 9.45 Å². The molecule has 1 aromatic heterocycles. The number of fused-ring (bicyclic) bond motifs is 2. The first-order valence-electron chi connectivity index (χ1n) is 14.8. The summed E-state index contributed by atoms with van der Waals surface area (Å²) in [6.07, 6.45) is 4.66. The lowest BCUT2D eigenvalue weighted by Crippen LogP contribution is -2.54. The minimum Gasteiger partial charge on any atom is -0.298 e. The van der Waals surface area contributed by atoms with Crippen LogP contribution in [-0.2, 0) is 19.2 Å². The Bertz CT molecular complexity index is 2050. The van der Waals surface area contributed by atoms with Crippen LogP contribution in [0.1, 0.15) is 36.8 Å². The van der Waals surface area contributed by atoms with Gasteiger partial charge in [-0.2, -0.15) is 0 Å². The smallest absolute Gasteiger partial charge is 0.283 e. The highest BCUT2D eigenvalue weighted by Gasteiger charge is 2.48. The van der Waals surface area contributed by atoms with Crippen molar-refractivity contribution >= 4 is 97.4 Å². The van der Waals surface area contributed by atoms with Crippen LogP contribution >= 0.6 is 35.3 Å². The highest BCUT2D eigenvalue weighted by molar-refractivity contribution is 8.01. The number of aromatic nitrogens is 1. The maximum atomic E-state index is 13.4. The Morgan fingerprint density at radius 2 is 1.64 bits per heavy atom. The number of benzene rings is 3. The monoisotopic (exact) mass is 683 g/mol. The van der Waals surface area contributed by atoms with E-state index < -0.39 is 16.7 Å². The summed E-state index contributed by atoms with van der Waals surface area (Å²) in [4.78, 5) is 71.4. The van der Waals surface area contributed by atoms with Gasteiger partial charge in [0.1, 0.15) is 5.57 Å². The summed E-state index contributed by atoms with van der Waals surface area (Å²) >= 11 is 7.66. The number of nitrogens with zero attached hydrogens (tertiary/aromatic N) is 4. The molecule has 7 rings (SSSR count). The third-order valence-corrected chi connectivity index (χ3v) is 11.0. The molecule has 0 radical (unpaired) electrons. The van der Waals surface area contributed by atoms with Gasteiger partial charge >= 0.3 is 0 Å². The van der Waals surface area contributed by atoms with Crippen LogP contribution < -0.4 is 15.1 Å². The number of nitrogens with one attached hydrogen (secondary N) is 1. The fraction of sp³-hybridized carbons (Fsp3) is 0.212. The molecule has 1 saturated carbocycles. The molecule has 1 aliphatic carbocycles. The van der Waals surface area contributed by atoms with Gasteiger partial charge in [-0.3, -0.25) is 44.4 Å². The number of hydrogen-bond donors (Lipinski definition) is 1. The van der Waals surface area contributed by atoms with Gasteiger partial charge in [-0.15, -0.1) is 11.3 Å². The molecule has 2 atom stereocenters. The van der Waals surface area contributed by atoms with Crippen molar-refractivity contribution in [3.63, 3.8) is 0 Å². The summed E-state index contributed by atoms with van der Waals surface area (Å²) in [5.74, 6) is -2.16. The Labute approximate surface area is 281 Å². The minimum atomic E-state index is -0.700. The number of thiocarbonyl (C=S) groups is 1. The van der Waals surface area contributed by atoms with Crippen molar-refractivity contribution in [3.05, 3.63) is 87.5 Å². The molecule has 3 heterocycles. The third-order valence-electron chi connectivity index (χ3n) is 8.53.